The molecule has 0 aromatic heterocycles. The predicted octanol–water partition coefficient (Wildman–Crippen LogP) is -8.61. The molecule has 12 heavy (non-hydrogen) atoms. The van der Waals surface area contributed by atoms with Gasteiger partial charge in [0.15, 0.2) is 0 Å². The molecule has 0 aliphatic heterocycles. The molecule has 0 aromatic carbocycles. The van der Waals surface area contributed by atoms with E-state index in [0.717, 1.165) is 0 Å². The molecule has 8 nitrogen and oxygen atoms in total. The predicted molar refractivity (Wildman–Crippen MR) is 8.50 cm³/mol. The van der Waals surface area contributed by atoms with Gasteiger partial charge in [-0.2, -0.15) is 0 Å². The molecular formula is AlCr2NaO8. The third-order valence-corrected chi connectivity index (χ3v) is 0. The fourth-order valence-electron chi connectivity index (χ4n) is 0. The van der Waals surface area contributed by atoms with E-state index >= 15 is 0 Å². The molecule has 0 saturated heterocycles. The van der Waals surface area contributed by atoms with Gasteiger partial charge in [-0.05, 0) is 0 Å². The van der Waals surface area contributed by atoms with Gasteiger partial charge >= 0.3 is 106 Å². The van der Waals surface area contributed by atoms with Crippen LogP contribution in [0.4, 0.5) is 0 Å². The summed E-state index contributed by atoms with van der Waals surface area (Å²) >= 11 is -11.5. The van der Waals surface area contributed by atoms with Gasteiger partial charge in [-0.1, -0.05) is 0 Å². The van der Waals surface area contributed by atoms with E-state index in [2.05, 4.69) is 0 Å². The standard InChI is InChI=1S/Al.2Cr.Na.8O/q+3;;;+1;;;;;4*-1. The zero-order valence-electron chi connectivity index (χ0n) is 5.66. The summed E-state index contributed by atoms with van der Waals surface area (Å²) < 4.78 is 68.8. The van der Waals surface area contributed by atoms with E-state index in [1.54, 1.807) is 0 Å². The first-order valence-corrected chi connectivity index (χ1v) is 5.50. The molecule has 0 aromatic rings. The minimum absolute atomic E-state index is 0. The Morgan fingerprint density at radius 1 is 0.667 bits per heavy atom. The molecule has 0 unspecified atom stereocenters. The average molecular weight is 282 g/mol. The molecule has 0 saturated carbocycles. The van der Waals surface area contributed by atoms with Crippen LogP contribution in [0.25, 0.3) is 0 Å². The van der Waals surface area contributed by atoms with Crippen molar-refractivity contribution in [2.75, 3.05) is 0 Å². The van der Waals surface area contributed by atoms with Gasteiger partial charge < -0.3 is 0 Å². The zero-order valence-corrected chi connectivity index (χ0v) is 11.4. The molecule has 0 bridgehead atoms. The molecular weight excluding hydrogens is 282 g/mol. The summed E-state index contributed by atoms with van der Waals surface area (Å²) in [6.45, 7) is 0. The van der Waals surface area contributed by atoms with Gasteiger partial charge in [0.05, 0.1) is 0 Å². The Hall–Kier alpha value is 1.64. The maximum absolute atomic E-state index is 8.59. The molecule has 0 atom stereocenters. The number of hydrogen-bond acceptors (Lipinski definition) is 8. The van der Waals surface area contributed by atoms with Crippen LogP contribution in [0.2, 0.25) is 0 Å². The van der Waals surface area contributed by atoms with Crippen LogP contribution in [0.15, 0.2) is 0 Å². The van der Waals surface area contributed by atoms with E-state index in [0.29, 0.717) is 0 Å². The van der Waals surface area contributed by atoms with Gasteiger partial charge in [-0.15, -0.1) is 0 Å². The van der Waals surface area contributed by atoms with Crippen LogP contribution >= 0.6 is 0 Å². The second kappa shape index (κ2) is 9.20. The summed E-state index contributed by atoms with van der Waals surface area (Å²) in [5, 5.41) is 0. The van der Waals surface area contributed by atoms with Crippen molar-refractivity contribution in [1.82, 2.24) is 0 Å². The molecule has 0 aliphatic carbocycles. The van der Waals surface area contributed by atoms with Gasteiger partial charge in [-0.25, -0.2) is 0 Å². The molecule has 0 amide bonds. The first-order valence-electron chi connectivity index (χ1n) is 1.33. The average Bonchev–Trinajstić information content (AvgIpc) is 1.12. The zero-order chi connectivity index (χ0) is 9.00. The second-order valence-electron chi connectivity index (χ2n) is 0.816. The van der Waals surface area contributed by atoms with Crippen LogP contribution < -0.4 is 46.2 Å². The van der Waals surface area contributed by atoms with Gasteiger partial charge in [-0.3, -0.25) is 0 Å². The van der Waals surface area contributed by atoms with Crippen LogP contribution in [0, 0.1) is 0 Å². The summed E-state index contributed by atoms with van der Waals surface area (Å²) in [4.78, 5) is 0. The Balaban J connectivity index is -0.0000000457. The van der Waals surface area contributed by atoms with Crippen molar-refractivity contribution in [1.29, 1.82) is 0 Å². The molecule has 0 spiro atoms. The van der Waals surface area contributed by atoms with Crippen molar-refractivity contribution in [2.24, 2.45) is 0 Å². The van der Waals surface area contributed by atoms with Gasteiger partial charge in [0.1, 0.15) is 0 Å². The maximum atomic E-state index is 8.59. The van der Waals surface area contributed by atoms with Crippen LogP contribution in [0.5, 0.6) is 0 Å². The molecule has 0 fully saturated rings. The van der Waals surface area contributed by atoms with Gasteiger partial charge in [0.25, 0.3) is 0 Å². The minimum atomic E-state index is -5.75. The molecule has 0 N–H and O–H groups in total. The Bertz CT molecular complexity index is 213. The van der Waals surface area contributed by atoms with Gasteiger partial charge in [0, 0.05) is 0 Å². The first-order chi connectivity index (χ1) is 4.00. The van der Waals surface area contributed by atoms with Crippen molar-refractivity contribution < 1.29 is 88.6 Å². The SMILES string of the molecule is [Al+3].[Na+].[O]=[Cr](=[O])([O-])[O-].[O]=[Cr](=[O])([O-])[O-]. The van der Waals surface area contributed by atoms with E-state index in [1.165, 1.54) is 0 Å². The van der Waals surface area contributed by atoms with Crippen molar-refractivity contribution in [3.8, 4) is 0 Å². The van der Waals surface area contributed by atoms with Crippen LogP contribution in [-0.2, 0) is 42.4 Å². The number of rotatable bonds is 0. The summed E-state index contributed by atoms with van der Waals surface area (Å²) in [6.07, 6.45) is 0. The van der Waals surface area contributed by atoms with E-state index in [-0.39, 0.29) is 46.9 Å². The fraction of sp³-hybridized carbons (Fsp3) is 0. The van der Waals surface area contributed by atoms with E-state index in [9.17, 15) is 0 Å². The summed E-state index contributed by atoms with van der Waals surface area (Å²) in [6, 6.07) is 0. The van der Waals surface area contributed by atoms with Crippen molar-refractivity contribution >= 4 is 17.4 Å². The second-order valence-corrected chi connectivity index (χ2v) is 3.37. The van der Waals surface area contributed by atoms with Gasteiger partial charge in [0.2, 0.25) is 0 Å². The monoisotopic (exact) mass is 282 g/mol. The third kappa shape index (κ3) is 491. The van der Waals surface area contributed by atoms with E-state index in [4.69, 9.17) is 31.8 Å². The first kappa shape index (κ1) is 23.4. The van der Waals surface area contributed by atoms with Crippen LogP contribution in [-0.4, -0.2) is 17.4 Å². The van der Waals surface area contributed by atoms with Crippen LogP contribution in [0.3, 0.4) is 0 Å². The third-order valence-electron chi connectivity index (χ3n) is 0. The molecule has 0 aliphatic rings. The topological polar surface area (TPSA) is 161 Å². The Kier molecular flexibility index (Phi) is 18.0. The summed E-state index contributed by atoms with van der Waals surface area (Å²) in [5.74, 6) is 0. The molecule has 0 radical (unpaired) electrons. The fourth-order valence-corrected chi connectivity index (χ4v) is 0. The molecule has 0 heterocycles. The molecule has 64 valence electrons. The van der Waals surface area contributed by atoms with Crippen molar-refractivity contribution in [3.63, 3.8) is 0 Å². The Morgan fingerprint density at radius 3 is 0.667 bits per heavy atom. The molecule has 0 rings (SSSR count). The quantitative estimate of drug-likeness (QED) is 0.395. The normalized spacial score (nSPS) is 9.67. The van der Waals surface area contributed by atoms with Crippen LogP contribution in [0.1, 0.15) is 0 Å². The summed E-state index contributed by atoms with van der Waals surface area (Å²) in [5.41, 5.74) is 0. The summed E-state index contributed by atoms with van der Waals surface area (Å²) in [7, 11) is 0. The van der Waals surface area contributed by atoms with E-state index in [1.807, 2.05) is 0 Å². The molecule has 12 heteroatoms. The Morgan fingerprint density at radius 2 is 0.667 bits per heavy atom. The van der Waals surface area contributed by atoms with Crippen molar-refractivity contribution in [3.05, 3.63) is 0 Å². The Labute approximate surface area is 105 Å². The van der Waals surface area contributed by atoms with E-state index < -0.39 is 27.2 Å². The number of hydrogen-bond donors (Lipinski definition) is 0. The van der Waals surface area contributed by atoms with Crippen molar-refractivity contribution in [2.45, 2.75) is 0 Å².